The quantitative estimate of drug-likeness (QED) is 0.788. The molecule has 1 aromatic rings. The SMILES string of the molecule is CCOc1ccc(C(=O)N(C)CCN(C)C)cc1N. The second-order valence-corrected chi connectivity index (χ2v) is 4.72. The molecule has 5 heteroatoms. The molecule has 0 aromatic heterocycles. The standard InChI is InChI=1S/C14H23N3O2/c1-5-19-13-7-6-11(10-12(13)15)14(18)17(4)9-8-16(2)3/h6-7,10H,5,8-9,15H2,1-4H3. The van der Waals surface area contributed by atoms with Gasteiger partial charge in [0.2, 0.25) is 0 Å². The van der Waals surface area contributed by atoms with E-state index in [1.165, 1.54) is 0 Å². The minimum Gasteiger partial charge on any atom is -0.492 e. The molecule has 0 aliphatic rings. The molecule has 1 aromatic carbocycles. The molecule has 0 aliphatic carbocycles. The van der Waals surface area contributed by atoms with E-state index in [0.29, 0.717) is 30.2 Å². The Labute approximate surface area is 114 Å². The van der Waals surface area contributed by atoms with Crippen molar-refractivity contribution in [1.82, 2.24) is 9.80 Å². The Morgan fingerprint density at radius 1 is 1.26 bits per heavy atom. The van der Waals surface area contributed by atoms with Crippen LogP contribution in [0.25, 0.3) is 0 Å². The fourth-order valence-electron chi connectivity index (χ4n) is 1.64. The zero-order valence-corrected chi connectivity index (χ0v) is 12.1. The summed E-state index contributed by atoms with van der Waals surface area (Å²) < 4.78 is 5.35. The number of hydrogen-bond acceptors (Lipinski definition) is 4. The van der Waals surface area contributed by atoms with Crippen molar-refractivity contribution in [2.45, 2.75) is 6.92 Å². The summed E-state index contributed by atoms with van der Waals surface area (Å²) in [6.07, 6.45) is 0. The highest BCUT2D eigenvalue weighted by Gasteiger charge is 2.13. The largest absolute Gasteiger partial charge is 0.492 e. The van der Waals surface area contributed by atoms with E-state index in [1.54, 1.807) is 30.1 Å². The van der Waals surface area contributed by atoms with Crippen molar-refractivity contribution in [3.8, 4) is 5.75 Å². The third kappa shape index (κ3) is 4.44. The van der Waals surface area contributed by atoms with E-state index in [0.717, 1.165) is 6.54 Å². The lowest BCUT2D eigenvalue weighted by molar-refractivity contribution is 0.0786. The molecule has 0 aliphatic heterocycles. The Bertz CT molecular complexity index is 433. The van der Waals surface area contributed by atoms with Crippen LogP contribution in [0.3, 0.4) is 0 Å². The Kier molecular flexibility index (Phi) is 5.63. The highest BCUT2D eigenvalue weighted by atomic mass is 16.5. The van der Waals surface area contributed by atoms with Crippen molar-refractivity contribution in [2.75, 3.05) is 46.6 Å². The van der Waals surface area contributed by atoms with Crippen molar-refractivity contribution >= 4 is 11.6 Å². The average molecular weight is 265 g/mol. The third-order valence-electron chi connectivity index (χ3n) is 2.79. The van der Waals surface area contributed by atoms with E-state index in [4.69, 9.17) is 10.5 Å². The third-order valence-corrected chi connectivity index (χ3v) is 2.79. The summed E-state index contributed by atoms with van der Waals surface area (Å²) in [5.41, 5.74) is 6.94. The van der Waals surface area contributed by atoms with Crippen LogP contribution in [0.2, 0.25) is 0 Å². The van der Waals surface area contributed by atoms with Crippen LogP contribution in [0.15, 0.2) is 18.2 Å². The van der Waals surface area contributed by atoms with Gasteiger partial charge in [0.05, 0.1) is 12.3 Å². The van der Waals surface area contributed by atoms with Crippen LogP contribution in [0.5, 0.6) is 5.75 Å². The first kappa shape index (κ1) is 15.3. The second kappa shape index (κ2) is 6.99. The molecule has 0 saturated heterocycles. The van der Waals surface area contributed by atoms with Crippen molar-refractivity contribution < 1.29 is 9.53 Å². The number of rotatable bonds is 6. The average Bonchev–Trinajstić information content (AvgIpc) is 2.37. The molecule has 0 saturated carbocycles. The molecule has 0 unspecified atom stereocenters. The Morgan fingerprint density at radius 2 is 1.95 bits per heavy atom. The summed E-state index contributed by atoms with van der Waals surface area (Å²) >= 11 is 0. The maximum Gasteiger partial charge on any atom is 0.253 e. The zero-order chi connectivity index (χ0) is 14.4. The minimum atomic E-state index is -0.0309. The number of benzene rings is 1. The molecule has 0 heterocycles. The van der Waals surface area contributed by atoms with Gasteiger partial charge in [-0.05, 0) is 39.2 Å². The predicted octanol–water partition coefficient (Wildman–Crippen LogP) is 1.30. The van der Waals surface area contributed by atoms with Crippen LogP contribution in [0.4, 0.5) is 5.69 Å². The van der Waals surface area contributed by atoms with Crippen LogP contribution in [-0.4, -0.2) is 56.5 Å². The number of nitrogens with zero attached hydrogens (tertiary/aromatic N) is 2. The van der Waals surface area contributed by atoms with Gasteiger partial charge >= 0.3 is 0 Å². The normalized spacial score (nSPS) is 10.6. The monoisotopic (exact) mass is 265 g/mol. The van der Waals surface area contributed by atoms with E-state index in [1.807, 2.05) is 25.9 Å². The van der Waals surface area contributed by atoms with E-state index in [2.05, 4.69) is 0 Å². The highest BCUT2D eigenvalue weighted by Crippen LogP contribution is 2.23. The molecular weight excluding hydrogens is 242 g/mol. The molecule has 0 bridgehead atoms. The maximum absolute atomic E-state index is 12.2. The summed E-state index contributed by atoms with van der Waals surface area (Å²) in [7, 11) is 5.75. The molecule has 5 nitrogen and oxygen atoms in total. The maximum atomic E-state index is 12.2. The van der Waals surface area contributed by atoms with Crippen LogP contribution in [-0.2, 0) is 0 Å². The van der Waals surface area contributed by atoms with Crippen molar-refractivity contribution in [2.24, 2.45) is 0 Å². The summed E-state index contributed by atoms with van der Waals surface area (Å²) in [5.74, 6) is 0.589. The van der Waals surface area contributed by atoms with E-state index in [-0.39, 0.29) is 5.91 Å². The number of anilines is 1. The predicted molar refractivity (Wildman–Crippen MR) is 77.5 cm³/mol. The lowest BCUT2D eigenvalue weighted by Crippen LogP contribution is -2.33. The van der Waals surface area contributed by atoms with E-state index < -0.39 is 0 Å². The van der Waals surface area contributed by atoms with Gasteiger partial charge in [-0.1, -0.05) is 0 Å². The lowest BCUT2D eigenvalue weighted by Gasteiger charge is -2.20. The molecule has 19 heavy (non-hydrogen) atoms. The van der Waals surface area contributed by atoms with Gasteiger partial charge in [-0.3, -0.25) is 4.79 Å². The fourth-order valence-corrected chi connectivity index (χ4v) is 1.64. The first-order valence-electron chi connectivity index (χ1n) is 6.38. The number of carbonyl (C=O) groups is 1. The molecule has 0 atom stereocenters. The van der Waals surface area contributed by atoms with Gasteiger partial charge in [-0.2, -0.15) is 0 Å². The van der Waals surface area contributed by atoms with Crippen LogP contribution < -0.4 is 10.5 Å². The van der Waals surface area contributed by atoms with Crippen LogP contribution in [0.1, 0.15) is 17.3 Å². The summed E-state index contributed by atoms with van der Waals surface area (Å²) in [6, 6.07) is 5.15. The van der Waals surface area contributed by atoms with Gasteiger partial charge in [0, 0.05) is 25.7 Å². The molecule has 1 rings (SSSR count). The number of likely N-dealkylation sites (N-methyl/N-ethyl adjacent to an activating group) is 2. The molecule has 2 N–H and O–H groups in total. The number of amides is 1. The van der Waals surface area contributed by atoms with Crippen molar-refractivity contribution in [3.63, 3.8) is 0 Å². The molecule has 0 radical (unpaired) electrons. The van der Waals surface area contributed by atoms with Crippen molar-refractivity contribution in [1.29, 1.82) is 0 Å². The number of nitrogen functional groups attached to an aromatic ring is 1. The molecule has 0 spiro atoms. The van der Waals surface area contributed by atoms with Gasteiger partial charge < -0.3 is 20.3 Å². The van der Waals surface area contributed by atoms with E-state index >= 15 is 0 Å². The van der Waals surface area contributed by atoms with Gasteiger partial charge in [0.25, 0.3) is 5.91 Å². The van der Waals surface area contributed by atoms with Crippen LogP contribution in [0, 0.1) is 0 Å². The summed E-state index contributed by atoms with van der Waals surface area (Å²) in [6.45, 7) is 3.96. The topological polar surface area (TPSA) is 58.8 Å². The zero-order valence-electron chi connectivity index (χ0n) is 12.1. The van der Waals surface area contributed by atoms with Gasteiger partial charge in [-0.25, -0.2) is 0 Å². The summed E-state index contributed by atoms with van der Waals surface area (Å²) in [4.78, 5) is 15.9. The Balaban J connectivity index is 2.74. The first-order valence-corrected chi connectivity index (χ1v) is 6.38. The Morgan fingerprint density at radius 3 is 2.47 bits per heavy atom. The molecular formula is C14H23N3O2. The molecule has 1 amide bonds. The first-order chi connectivity index (χ1) is 8.95. The summed E-state index contributed by atoms with van der Waals surface area (Å²) in [5, 5.41) is 0. The number of carbonyl (C=O) groups excluding carboxylic acids is 1. The Hall–Kier alpha value is -1.75. The van der Waals surface area contributed by atoms with E-state index in [9.17, 15) is 4.79 Å². The number of nitrogens with two attached hydrogens (primary N) is 1. The molecule has 0 fully saturated rings. The fraction of sp³-hybridized carbons (Fsp3) is 0.500. The van der Waals surface area contributed by atoms with Crippen molar-refractivity contribution in [3.05, 3.63) is 23.8 Å². The smallest absolute Gasteiger partial charge is 0.253 e. The number of hydrogen-bond donors (Lipinski definition) is 1. The second-order valence-electron chi connectivity index (χ2n) is 4.72. The van der Waals surface area contributed by atoms with Crippen LogP contribution >= 0.6 is 0 Å². The minimum absolute atomic E-state index is 0.0309. The van der Waals surface area contributed by atoms with Gasteiger partial charge in [-0.15, -0.1) is 0 Å². The highest BCUT2D eigenvalue weighted by molar-refractivity contribution is 5.95. The number of ether oxygens (including phenoxy) is 1. The van der Waals surface area contributed by atoms with Gasteiger partial charge in [0.15, 0.2) is 0 Å². The van der Waals surface area contributed by atoms with Gasteiger partial charge in [0.1, 0.15) is 5.75 Å². The molecule has 106 valence electrons. The lowest BCUT2D eigenvalue weighted by atomic mass is 10.1.